The first-order valence-corrected chi connectivity index (χ1v) is 12.0. The molecule has 0 saturated heterocycles. The van der Waals surface area contributed by atoms with E-state index in [1.54, 1.807) is 30.3 Å². The van der Waals surface area contributed by atoms with E-state index < -0.39 is 35.5 Å². The number of hydrogen-bond donors (Lipinski definition) is 3. The van der Waals surface area contributed by atoms with Crippen LogP contribution in [0, 0.1) is 0 Å². The standard InChI is InChI=1S/C27H26F3NO5.Na.H/c28-27(29,30)21-11-15(5-7-18(21)16-3-1-2-4-16)14-36-17-6-8-22-20(12-17)19-9-10-26(25(34)35,13-23(32)33)24(19)31-22;;/h5-8,11-12,16,31H,1-4,9-10,13-14H2,(H,32,33)(H,34,35);;/q;+1;-1. The Morgan fingerprint density at radius 2 is 1.84 bits per heavy atom. The number of alkyl halides is 3. The Labute approximate surface area is 235 Å². The van der Waals surface area contributed by atoms with E-state index in [4.69, 9.17) is 4.74 Å². The summed E-state index contributed by atoms with van der Waals surface area (Å²) in [5.74, 6) is -2.00. The Balaban J connectivity index is 0.00000200. The Hall–Kier alpha value is -2.49. The quantitative estimate of drug-likeness (QED) is 0.412. The van der Waals surface area contributed by atoms with Crippen molar-refractivity contribution in [1.82, 2.24) is 4.98 Å². The maximum Gasteiger partial charge on any atom is 1.00 e. The molecule has 1 fully saturated rings. The number of ether oxygens (including phenoxy) is 1. The Morgan fingerprint density at radius 3 is 2.49 bits per heavy atom. The van der Waals surface area contributed by atoms with E-state index in [-0.39, 0.29) is 49.9 Å². The monoisotopic (exact) mass is 525 g/mol. The summed E-state index contributed by atoms with van der Waals surface area (Å²) in [6.07, 6.45) is -0.954. The van der Waals surface area contributed by atoms with Crippen LogP contribution in [0.3, 0.4) is 0 Å². The average Bonchev–Trinajstić information content (AvgIpc) is 3.54. The van der Waals surface area contributed by atoms with Crippen LogP contribution >= 0.6 is 0 Å². The summed E-state index contributed by atoms with van der Waals surface area (Å²) in [7, 11) is 0. The predicted octanol–water partition coefficient (Wildman–Crippen LogP) is 3.28. The number of hydrogen-bond acceptors (Lipinski definition) is 3. The third kappa shape index (κ3) is 5.13. The van der Waals surface area contributed by atoms with Gasteiger partial charge in [-0.15, -0.1) is 0 Å². The number of aromatic nitrogens is 1. The topological polar surface area (TPSA) is 99.6 Å². The summed E-state index contributed by atoms with van der Waals surface area (Å²) >= 11 is 0. The maximum atomic E-state index is 13.8. The minimum Gasteiger partial charge on any atom is -1.00 e. The molecule has 6 nitrogen and oxygen atoms in total. The van der Waals surface area contributed by atoms with Crippen molar-refractivity contribution >= 4 is 22.8 Å². The molecule has 1 heterocycles. The van der Waals surface area contributed by atoms with Gasteiger partial charge in [-0.25, -0.2) is 0 Å². The summed E-state index contributed by atoms with van der Waals surface area (Å²) < 4.78 is 47.2. The number of carbonyl (C=O) groups is 2. The van der Waals surface area contributed by atoms with Crippen molar-refractivity contribution in [2.24, 2.45) is 0 Å². The van der Waals surface area contributed by atoms with Gasteiger partial charge in [0.2, 0.25) is 0 Å². The van der Waals surface area contributed by atoms with Gasteiger partial charge in [-0.05, 0) is 72.6 Å². The first-order valence-electron chi connectivity index (χ1n) is 12.0. The van der Waals surface area contributed by atoms with E-state index >= 15 is 0 Å². The first-order chi connectivity index (χ1) is 17.1. The zero-order valence-corrected chi connectivity index (χ0v) is 22.5. The summed E-state index contributed by atoms with van der Waals surface area (Å²) in [5.41, 5.74) is 0.435. The molecule has 0 spiro atoms. The molecule has 0 amide bonds. The number of nitrogens with one attached hydrogen (secondary N) is 1. The van der Waals surface area contributed by atoms with Gasteiger partial charge < -0.3 is 21.4 Å². The van der Waals surface area contributed by atoms with Crippen molar-refractivity contribution in [3.63, 3.8) is 0 Å². The molecule has 192 valence electrons. The van der Waals surface area contributed by atoms with Crippen molar-refractivity contribution in [3.8, 4) is 5.75 Å². The molecule has 1 unspecified atom stereocenters. The second-order valence-corrected chi connectivity index (χ2v) is 9.83. The van der Waals surface area contributed by atoms with Crippen molar-refractivity contribution in [2.75, 3.05) is 0 Å². The molecule has 3 aromatic rings. The van der Waals surface area contributed by atoms with Gasteiger partial charge in [-0.2, -0.15) is 13.2 Å². The summed E-state index contributed by atoms with van der Waals surface area (Å²) in [5, 5.41) is 19.8. The average molecular weight is 525 g/mol. The fourth-order valence-corrected chi connectivity index (χ4v) is 5.87. The van der Waals surface area contributed by atoms with Crippen LogP contribution in [-0.2, 0) is 34.2 Å². The van der Waals surface area contributed by atoms with Crippen LogP contribution in [-0.4, -0.2) is 27.1 Å². The van der Waals surface area contributed by atoms with Gasteiger partial charge in [0.1, 0.15) is 17.8 Å². The molecule has 1 saturated carbocycles. The minimum absolute atomic E-state index is 0. The number of aromatic amines is 1. The predicted molar refractivity (Wildman–Crippen MR) is 126 cm³/mol. The number of rotatable bonds is 7. The third-order valence-corrected chi connectivity index (χ3v) is 7.64. The molecule has 3 N–H and O–H groups in total. The molecule has 2 aliphatic rings. The van der Waals surface area contributed by atoms with Gasteiger partial charge in [0, 0.05) is 16.6 Å². The van der Waals surface area contributed by atoms with E-state index in [0.717, 1.165) is 36.6 Å². The molecule has 1 atom stereocenters. The van der Waals surface area contributed by atoms with Crippen LogP contribution in [0.4, 0.5) is 13.2 Å². The van der Waals surface area contributed by atoms with Gasteiger partial charge in [0.05, 0.1) is 12.0 Å². The summed E-state index contributed by atoms with van der Waals surface area (Å²) in [4.78, 5) is 26.5. The first kappa shape index (κ1) is 27.5. The Kier molecular flexibility index (Phi) is 7.70. The van der Waals surface area contributed by atoms with E-state index in [0.29, 0.717) is 34.5 Å². The third-order valence-electron chi connectivity index (χ3n) is 7.64. The van der Waals surface area contributed by atoms with Crippen molar-refractivity contribution in [1.29, 1.82) is 0 Å². The van der Waals surface area contributed by atoms with Crippen LogP contribution in [0.5, 0.6) is 5.75 Å². The summed E-state index contributed by atoms with van der Waals surface area (Å²) in [6.45, 7) is -0.0514. The fraction of sp³-hybridized carbons (Fsp3) is 0.407. The van der Waals surface area contributed by atoms with Gasteiger partial charge in [0.15, 0.2) is 0 Å². The van der Waals surface area contributed by atoms with Crippen LogP contribution in [0.1, 0.15) is 73.8 Å². The van der Waals surface area contributed by atoms with Crippen LogP contribution < -0.4 is 34.3 Å². The second kappa shape index (κ2) is 10.3. The zero-order valence-electron chi connectivity index (χ0n) is 21.5. The van der Waals surface area contributed by atoms with Gasteiger partial charge in [-0.1, -0.05) is 25.0 Å². The van der Waals surface area contributed by atoms with Crippen LogP contribution in [0.2, 0.25) is 0 Å². The zero-order chi connectivity index (χ0) is 25.7. The number of benzene rings is 2. The second-order valence-electron chi connectivity index (χ2n) is 9.83. The number of H-pyrrole nitrogens is 1. The fourth-order valence-electron chi connectivity index (χ4n) is 5.87. The molecular formula is C27H27F3NNaO5. The largest absolute Gasteiger partial charge is 1.00 e. The molecular weight excluding hydrogens is 498 g/mol. The number of halogens is 3. The number of fused-ring (bicyclic) bond motifs is 3. The number of aryl methyl sites for hydroxylation is 1. The molecule has 2 aromatic carbocycles. The van der Waals surface area contributed by atoms with Gasteiger partial charge >= 0.3 is 47.7 Å². The molecule has 0 aliphatic heterocycles. The normalized spacial score (nSPS) is 19.5. The van der Waals surface area contributed by atoms with Crippen LogP contribution in [0.25, 0.3) is 10.9 Å². The minimum atomic E-state index is -4.44. The van der Waals surface area contributed by atoms with E-state index in [2.05, 4.69) is 4.98 Å². The molecule has 10 heteroatoms. The van der Waals surface area contributed by atoms with Gasteiger partial charge in [0.25, 0.3) is 0 Å². The number of aliphatic carboxylic acids is 2. The van der Waals surface area contributed by atoms with E-state index in [1.807, 2.05) is 0 Å². The van der Waals surface area contributed by atoms with Crippen molar-refractivity contribution in [3.05, 3.63) is 64.3 Å². The molecule has 2 aliphatic carbocycles. The smallest absolute Gasteiger partial charge is 1.00 e. The van der Waals surface area contributed by atoms with Crippen LogP contribution in [0.15, 0.2) is 36.4 Å². The van der Waals surface area contributed by atoms with Gasteiger partial charge in [-0.3, -0.25) is 9.59 Å². The molecule has 1 aromatic heterocycles. The molecule has 0 radical (unpaired) electrons. The molecule has 37 heavy (non-hydrogen) atoms. The van der Waals surface area contributed by atoms with Crippen molar-refractivity contribution < 1.29 is 68.7 Å². The van der Waals surface area contributed by atoms with E-state index in [1.165, 1.54) is 6.07 Å². The number of carboxylic acid groups (broad SMARTS) is 2. The summed E-state index contributed by atoms with van der Waals surface area (Å²) in [6, 6.07) is 9.52. The Bertz CT molecular complexity index is 1350. The molecule has 5 rings (SSSR count). The Morgan fingerprint density at radius 1 is 1.11 bits per heavy atom. The SMILES string of the molecule is O=C(O)CC1(C(=O)O)CCc2c1[nH]c1ccc(OCc3ccc(C4CCCC4)c(C(F)(F)F)c3)cc21.[H-].[Na+]. The molecule has 0 bridgehead atoms. The van der Waals surface area contributed by atoms with Crippen molar-refractivity contribution in [2.45, 2.75) is 69.1 Å². The van der Waals surface area contributed by atoms with E-state index in [9.17, 15) is 33.0 Å². The number of carboxylic acids is 2. The maximum absolute atomic E-state index is 13.8.